The molecule has 100 valence electrons. The van der Waals surface area contributed by atoms with Crippen LogP contribution in [0.2, 0.25) is 0 Å². The molecule has 0 aliphatic heterocycles. The van der Waals surface area contributed by atoms with Crippen molar-refractivity contribution >= 4 is 5.91 Å². The lowest BCUT2D eigenvalue weighted by Crippen LogP contribution is -2.34. The molecule has 1 rings (SSSR count). The summed E-state index contributed by atoms with van der Waals surface area (Å²) in [5.41, 5.74) is 5.57. The number of rotatable bonds is 6. The Bertz CT molecular complexity index is 220. The lowest BCUT2D eigenvalue weighted by Gasteiger charge is -2.27. The molecule has 0 aromatic heterocycles. The second-order valence-electron chi connectivity index (χ2n) is 5.77. The van der Waals surface area contributed by atoms with Crippen LogP contribution in [-0.2, 0) is 4.79 Å². The first-order chi connectivity index (χ1) is 8.13. The standard InChI is InChI=1S/C14H28N2O/c1-11(2)8-10-16-14(17)13-5-3-12(4-6-13)7-9-15/h11-13H,3-10,15H2,1-2H3,(H,16,17). The van der Waals surface area contributed by atoms with Gasteiger partial charge in [-0.3, -0.25) is 4.79 Å². The van der Waals surface area contributed by atoms with E-state index >= 15 is 0 Å². The Balaban J connectivity index is 2.17. The van der Waals surface area contributed by atoms with Crippen LogP contribution >= 0.6 is 0 Å². The van der Waals surface area contributed by atoms with E-state index in [0.29, 0.717) is 5.92 Å². The highest BCUT2D eigenvalue weighted by Gasteiger charge is 2.25. The van der Waals surface area contributed by atoms with Crippen molar-refractivity contribution in [3.05, 3.63) is 0 Å². The topological polar surface area (TPSA) is 55.1 Å². The van der Waals surface area contributed by atoms with Crippen LogP contribution < -0.4 is 11.1 Å². The highest BCUT2D eigenvalue weighted by atomic mass is 16.1. The summed E-state index contributed by atoms with van der Waals surface area (Å²) in [6.07, 6.45) is 6.67. The van der Waals surface area contributed by atoms with E-state index in [4.69, 9.17) is 5.73 Å². The van der Waals surface area contributed by atoms with E-state index < -0.39 is 0 Å². The van der Waals surface area contributed by atoms with Crippen LogP contribution in [0.5, 0.6) is 0 Å². The Morgan fingerprint density at radius 1 is 1.29 bits per heavy atom. The molecule has 0 bridgehead atoms. The summed E-state index contributed by atoms with van der Waals surface area (Å²) in [5, 5.41) is 3.07. The molecule has 0 aromatic rings. The first kappa shape index (κ1) is 14.5. The molecule has 1 aliphatic carbocycles. The predicted octanol–water partition coefficient (Wildman–Crippen LogP) is 2.30. The average Bonchev–Trinajstić information content (AvgIpc) is 2.30. The van der Waals surface area contributed by atoms with Crippen LogP contribution in [0.3, 0.4) is 0 Å². The highest BCUT2D eigenvalue weighted by molar-refractivity contribution is 5.78. The van der Waals surface area contributed by atoms with Gasteiger partial charge in [0.2, 0.25) is 5.91 Å². The minimum absolute atomic E-state index is 0.260. The van der Waals surface area contributed by atoms with Gasteiger partial charge in [-0.2, -0.15) is 0 Å². The lowest BCUT2D eigenvalue weighted by atomic mass is 9.80. The van der Waals surface area contributed by atoms with E-state index in [0.717, 1.165) is 44.7 Å². The van der Waals surface area contributed by atoms with Crippen molar-refractivity contribution in [1.82, 2.24) is 5.32 Å². The van der Waals surface area contributed by atoms with Gasteiger partial charge in [0.1, 0.15) is 0 Å². The van der Waals surface area contributed by atoms with Gasteiger partial charge < -0.3 is 11.1 Å². The van der Waals surface area contributed by atoms with E-state index in [-0.39, 0.29) is 11.8 Å². The fraction of sp³-hybridized carbons (Fsp3) is 0.929. The van der Waals surface area contributed by atoms with Gasteiger partial charge in [0.15, 0.2) is 0 Å². The van der Waals surface area contributed by atoms with Crippen LogP contribution in [0, 0.1) is 17.8 Å². The maximum absolute atomic E-state index is 11.9. The molecule has 0 saturated heterocycles. The molecular weight excluding hydrogens is 212 g/mol. The molecule has 3 heteroatoms. The van der Waals surface area contributed by atoms with Gasteiger partial charge in [0.25, 0.3) is 0 Å². The number of carbonyl (C=O) groups excluding carboxylic acids is 1. The monoisotopic (exact) mass is 240 g/mol. The van der Waals surface area contributed by atoms with E-state index in [9.17, 15) is 4.79 Å². The highest BCUT2D eigenvalue weighted by Crippen LogP contribution is 2.30. The van der Waals surface area contributed by atoms with E-state index in [1.54, 1.807) is 0 Å². The van der Waals surface area contributed by atoms with Crippen LogP contribution in [0.4, 0.5) is 0 Å². The van der Waals surface area contributed by atoms with Gasteiger partial charge >= 0.3 is 0 Å². The molecule has 0 aromatic carbocycles. The van der Waals surface area contributed by atoms with Crippen molar-refractivity contribution < 1.29 is 4.79 Å². The maximum atomic E-state index is 11.9. The van der Waals surface area contributed by atoms with Gasteiger partial charge in [-0.1, -0.05) is 13.8 Å². The predicted molar refractivity (Wildman–Crippen MR) is 71.6 cm³/mol. The van der Waals surface area contributed by atoms with Crippen LogP contribution in [0.25, 0.3) is 0 Å². The fourth-order valence-corrected chi connectivity index (χ4v) is 2.58. The third-order valence-electron chi connectivity index (χ3n) is 3.81. The zero-order valence-electron chi connectivity index (χ0n) is 11.4. The molecule has 0 heterocycles. The minimum Gasteiger partial charge on any atom is -0.356 e. The van der Waals surface area contributed by atoms with Gasteiger partial charge in [0.05, 0.1) is 0 Å². The number of nitrogens with one attached hydrogen (secondary N) is 1. The average molecular weight is 240 g/mol. The summed E-state index contributed by atoms with van der Waals surface area (Å²) in [4.78, 5) is 11.9. The zero-order valence-corrected chi connectivity index (χ0v) is 11.4. The van der Waals surface area contributed by atoms with E-state index in [2.05, 4.69) is 19.2 Å². The molecule has 3 N–H and O–H groups in total. The summed E-state index contributed by atoms with van der Waals surface area (Å²) >= 11 is 0. The Morgan fingerprint density at radius 2 is 1.94 bits per heavy atom. The van der Waals surface area contributed by atoms with Gasteiger partial charge in [-0.25, -0.2) is 0 Å². The second kappa shape index (κ2) is 7.70. The Labute approximate surface area is 106 Å². The summed E-state index contributed by atoms with van der Waals surface area (Å²) in [6, 6.07) is 0. The summed E-state index contributed by atoms with van der Waals surface area (Å²) in [7, 11) is 0. The van der Waals surface area contributed by atoms with Gasteiger partial charge in [0, 0.05) is 12.5 Å². The van der Waals surface area contributed by atoms with Crippen LogP contribution in [-0.4, -0.2) is 19.0 Å². The molecule has 0 unspecified atom stereocenters. The Kier molecular flexibility index (Phi) is 6.56. The van der Waals surface area contributed by atoms with Crippen molar-refractivity contribution in [2.45, 2.75) is 52.4 Å². The second-order valence-corrected chi connectivity index (χ2v) is 5.77. The third kappa shape index (κ3) is 5.53. The SMILES string of the molecule is CC(C)CCNC(=O)C1CCC(CCN)CC1. The molecule has 3 nitrogen and oxygen atoms in total. The Morgan fingerprint density at radius 3 is 2.47 bits per heavy atom. The van der Waals surface area contributed by atoms with Crippen molar-refractivity contribution in [3.8, 4) is 0 Å². The van der Waals surface area contributed by atoms with Crippen molar-refractivity contribution in [3.63, 3.8) is 0 Å². The van der Waals surface area contributed by atoms with Crippen LogP contribution in [0.1, 0.15) is 52.4 Å². The molecule has 1 saturated carbocycles. The van der Waals surface area contributed by atoms with Gasteiger partial charge in [-0.15, -0.1) is 0 Å². The normalized spacial score (nSPS) is 24.9. The fourth-order valence-electron chi connectivity index (χ4n) is 2.58. The molecule has 0 spiro atoms. The van der Waals surface area contributed by atoms with Crippen molar-refractivity contribution in [1.29, 1.82) is 0 Å². The van der Waals surface area contributed by atoms with E-state index in [1.165, 1.54) is 12.8 Å². The van der Waals surface area contributed by atoms with Crippen molar-refractivity contribution in [2.75, 3.05) is 13.1 Å². The smallest absolute Gasteiger partial charge is 0.223 e. The number of hydrogen-bond acceptors (Lipinski definition) is 2. The molecule has 0 atom stereocenters. The van der Waals surface area contributed by atoms with E-state index in [1.807, 2.05) is 0 Å². The minimum atomic E-state index is 0.260. The number of amides is 1. The molecule has 1 amide bonds. The largest absolute Gasteiger partial charge is 0.356 e. The molecule has 1 aliphatic rings. The van der Waals surface area contributed by atoms with Crippen LogP contribution in [0.15, 0.2) is 0 Å². The molecule has 0 radical (unpaired) electrons. The summed E-state index contributed by atoms with van der Waals surface area (Å²) in [6.45, 7) is 5.99. The lowest BCUT2D eigenvalue weighted by molar-refractivity contribution is -0.126. The molecule has 1 fully saturated rings. The molecular formula is C14H28N2O. The quantitative estimate of drug-likeness (QED) is 0.748. The first-order valence-corrected chi connectivity index (χ1v) is 7.11. The summed E-state index contributed by atoms with van der Waals surface area (Å²) in [5.74, 6) is 1.96. The maximum Gasteiger partial charge on any atom is 0.223 e. The zero-order chi connectivity index (χ0) is 12.7. The number of carbonyl (C=O) groups is 1. The van der Waals surface area contributed by atoms with Crippen molar-refractivity contribution in [2.24, 2.45) is 23.5 Å². The summed E-state index contributed by atoms with van der Waals surface area (Å²) < 4.78 is 0. The Hall–Kier alpha value is -0.570. The first-order valence-electron chi connectivity index (χ1n) is 7.11. The number of hydrogen-bond donors (Lipinski definition) is 2. The van der Waals surface area contributed by atoms with Gasteiger partial charge in [-0.05, 0) is 56.9 Å². The third-order valence-corrected chi connectivity index (χ3v) is 3.81. The number of nitrogens with two attached hydrogens (primary N) is 1. The molecule has 17 heavy (non-hydrogen) atoms.